The lowest BCUT2D eigenvalue weighted by molar-refractivity contribution is 0.0227. The highest BCUT2D eigenvalue weighted by Gasteiger charge is 2.29. The maximum absolute atomic E-state index is 12.5. The molecule has 0 saturated heterocycles. The van der Waals surface area contributed by atoms with E-state index in [1.165, 1.54) is 5.56 Å². The number of rotatable bonds is 2. The number of carbonyl (C=O) groups excluding carboxylic acids is 1. The molecule has 0 saturated carbocycles. The number of hydrogen-bond acceptors (Lipinski definition) is 8. The molecule has 10 heteroatoms. The number of hydrogen-bond donors (Lipinski definition) is 2. The zero-order valence-electron chi connectivity index (χ0n) is 16.9. The van der Waals surface area contributed by atoms with Crippen LogP contribution in [0.1, 0.15) is 31.2 Å². The number of H-pyrrole nitrogens is 1. The molecule has 5 heterocycles. The lowest BCUT2D eigenvalue weighted by Crippen LogP contribution is -2.39. The number of nitrogens with zero attached hydrogens (tertiary/aromatic N) is 5. The second-order valence-electron chi connectivity index (χ2n) is 8.21. The number of aromatic nitrogens is 5. The number of pyridine rings is 1. The van der Waals surface area contributed by atoms with Gasteiger partial charge in [-0.1, -0.05) is 0 Å². The molecule has 0 fully saturated rings. The first-order chi connectivity index (χ1) is 14.4. The number of amides is 1. The molecule has 1 amide bonds. The zero-order chi connectivity index (χ0) is 20.9. The molecule has 1 aliphatic heterocycles. The Morgan fingerprint density at radius 3 is 2.97 bits per heavy atom. The van der Waals surface area contributed by atoms with Crippen LogP contribution >= 0.6 is 11.3 Å². The van der Waals surface area contributed by atoms with Crippen LogP contribution in [0.3, 0.4) is 0 Å². The molecule has 4 aromatic rings. The van der Waals surface area contributed by atoms with Crippen molar-refractivity contribution in [2.45, 2.75) is 39.3 Å². The molecule has 9 nitrogen and oxygen atoms in total. The van der Waals surface area contributed by atoms with Crippen LogP contribution < -0.4 is 5.32 Å². The van der Waals surface area contributed by atoms with Crippen LogP contribution in [0.2, 0.25) is 0 Å². The van der Waals surface area contributed by atoms with Crippen LogP contribution in [-0.4, -0.2) is 48.3 Å². The van der Waals surface area contributed by atoms with Gasteiger partial charge in [0, 0.05) is 16.8 Å². The Bertz CT molecular complexity index is 1260. The van der Waals surface area contributed by atoms with Gasteiger partial charge in [-0.25, -0.2) is 19.7 Å². The Kier molecular flexibility index (Phi) is 4.31. The third-order valence-electron chi connectivity index (χ3n) is 4.86. The second-order valence-corrected chi connectivity index (χ2v) is 9.29. The minimum atomic E-state index is -0.511. The predicted octanol–water partition coefficient (Wildman–Crippen LogP) is 4.00. The van der Waals surface area contributed by atoms with Crippen molar-refractivity contribution < 1.29 is 9.53 Å². The summed E-state index contributed by atoms with van der Waals surface area (Å²) in [7, 11) is 0. The van der Waals surface area contributed by atoms with Crippen molar-refractivity contribution in [2.24, 2.45) is 0 Å². The molecule has 0 aliphatic carbocycles. The number of fused-ring (bicyclic) bond motifs is 4. The Morgan fingerprint density at radius 1 is 1.27 bits per heavy atom. The predicted molar refractivity (Wildman–Crippen MR) is 115 cm³/mol. The fourth-order valence-electron chi connectivity index (χ4n) is 3.54. The van der Waals surface area contributed by atoms with Crippen LogP contribution in [-0.2, 0) is 17.7 Å². The second kappa shape index (κ2) is 6.91. The van der Waals surface area contributed by atoms with Gasteiger partial charge in [0.1, 0.15) is 28.4 Å². The van der Waals surface area contributed by atoms with Crippen LogP contribution in [0.15, 0.2) is 24.8 Å². The lowest BCUT2D eigenvalue weighted by atomic mass is 10.1. The molecule has 5 rings (SSSR count). The highest BCUT2D eigenvalue weighted by Crippen LogP contribution is 2.38. The van der Waals surface area contributed by atoms with Crippen molar-refractivity contribution in [3.63, 3.8) is 0 Å². The van der Waals surface area contributed by atoms with E-state index in [1.807, 2.05) is 26.8 Å². The summed E-state index contributed by atoms with van der Waals surface area (Å²) >= 11 is 1.59. The first-order valence-corrected chi connectivity index (χ1v) is 10.5. The van der Waals surface area contributed by atoms with E-state index in [9.17, 15) is 4.79 Å². The summed E-state index contributed by atoms with van der Waals surface area (Å²) < 4.78 is 5.53. The minimum absolute atomic E-state index is 0.285. The van der Waals surface area contributed by atoms with Crippen molar-refractivity contribution in [3.05, 3.63) is 35.2 Å². The Balaban J connectivity index is 1.46. The first-order valence-electron chi connectivity index (χ1n) is 9.67. The summed E-state index contributed by atoms with van der Waals surface area (Å²) in [5.41, 5.74) is 1.55. The maximum atomic E-state index is 12.5. The lowest BCUT2D eigenvalue weighted by Gasteiger charge is -2.30. The van der Waals surface area contributed by atoms with Gasteiger partial charge in [-0.15, -0.1) is 11.3 Å². The van der Waals surface area contributed by atoms with E-state index in [0.717, 1.165) is 38.2 Å². The van der Waals surface area contributed by atoms with E-state index in [-0.39, 0.29) is 6.09 Å². The summed E-state index contributed by atoms with van der Waals surface area (Å²) in [5.74, 6) is 1.41. The van der Waals surface area contributed by atoms with Gasteiger partial charge in [-0.2, -0.15) is 5.10 Å². The van der Waals surface area contributed by atoms with E-state index < -0.39 is 5.60 Å². The molecule has 0 radical (unpaired) electrons. The van der Waals surface area contributed by atoms with Gasteiger partial charge in [0.25, 0.3) is 0 Å². The molecule has 0 atom stereocenters. The van der Waals surface area contributed by atoms with E-state index in [0.29, 0.717) is 18.9 Å². The van der Waals surface area contributed by atoms with Gasteiger partial charge in [0.05, 0.1) is 29.8 Å². The number of thiophene rings is 1. The average Bonchev–Trinajstić information content (AvgIpc) is 3.30. The van der Waals surface area contributed by atoms with Crippen molar-refractivity contribution in [2.75, 3.05) is 11.9 Å². The monoisotopic (exact) mass is 423 g/mol. The topological polar surface area (TPSA) is 109 Å². The van der Waals surface area contributed by atoms with Crippen LogP contribution in [0.5, 0.6) is 0 Å². The summed E-state index contributed by atoms with van der Waals surface area (Å²) in [6, 6.07) is 1.93. The smallest absolute Gasteiger partial charge is 0.410 e. The molecule has 4 aromatic heterocycles. The highest BCUT2D eigenvalue weighted by atomic mass is 32.1. The third kappa shape index (κ3) is 3.43. The number of nitrogens with one attached hydrogen (secondary N) is 2. The van der Waals surface area contributed by atoms with Gasteiger partial charge < -0.3 is 15.0 Å². The number of aromatic amines is 1. The standard InChI is InChI=1S/C20H21N7O2S/c1-20(2,3)29-19(28)27-5-4-12-14(9-27)30-18-16(12)17(22-10-23-18)25-15-6-11-7-24-26-13(11)8-21-15/h6-8,10H,4-5,9H2,1-3H3,(H,24,26)(H,21,22,23,25). The third-order valence-corrected chi connectivity index (χ3v) is 5.98. The van der Waals surface area contributed by atoms with Crippen LogP contribution in [0, 0.1) is 0 Å². The van der Waals surface area contributed by atoms with Crippen LogP contribution in [0.25, 0.3) is 21.1 Å². The maximum Gasteiger partial charge on any atom is 0.410 e. The van der Waals surface area contributed by atoms with Crippen molar-refractivity contribution in [3.8, 4) is 0 Å². The summed E-state index contributed by atoms with van der Waals surface area (Å²) in [6.07, 6.45) is 5.49. The molecule has 154 valence electrons. The van der Waals surface area contributed by atoms with Crippen molar-refractivity contribution >= 4 is 50.2 Å². The fraction of sp³-hybridized carbons (Fsp3) is 0.350. The SMILES string of the molecule is CC(C)(C)OC(=O)N1CCc2c(sc3ncnc(Nc4cc5cn[nH]c5cn4)c23)C1. The molecule has 1 aliphatic rings. The Hall–Kier alpha value is -3.27. The van der Waals surface area contributed by atoms with Gasteiger partial charge in [0.15, 0.2) is 0 Å². The first kappa shape index (κ1) is 18.7. The largest absolute Gasteiger partial charge is 0.444 e. The molecule has 2 N–H and O–H groups in total. The fourth-order valence-corrected chi connectivity index (χ4v) is 4.74. The van der Waals surface area contributed by atoms with E-state index >= 15 is 0 Å². The van der Waals surface area contributed by atoms with Crippen LogP contribution in [0.4, 0.5) is 16.4 Å². The zero-order valence-corrected chi connectivity index (χ0v) is 17.7. The molecule has 0 spiro atoms. The average molecular weight is 424 g/mol. The highest BCUT2D eigenvalue weighted by molar-refractivity contribution is 7.19. The molecule has 30 heavy (non-hydrogen) atoms. The van der Waals surface area contributed by atoms with Gasteiger partial charge in [-0.05, 0) is 38.8 Å². The van der Waals surface area contributed by atoms with Gasteiger partial charge in [0.2, 0.25) is 0 Å². The minimum Gasteiger partial charge on any atom is -0.444 e. The normalized spacial score (nSPS) is 14.2. The van der Waals surface area contributed by atoms with Gasteiger partial charge in [-0.3, -0.25) is 5.10 Å². The number of carbonyl (C=O) groups is 1. The molecule has 0 aromatic carbocycles. The Morgan fingerprint density at radius 2 is 2.13 bits per heavy atom. The molecular weight excluding hydrogens is 402 g/mol. The van der Waals surface area contributed by atoms with E-state index in [2.05, 4.69) is 30.5 Å². The summed E-state index contributed by atoms with van der Waals surface area (Å²) in [4.78, 5) is 29.6. The van der Waals surface area contributed by atoms with Crippen molar-refractivity contribution in [1.29, 1.82) is 0 Å². The molecule has 0 bridgehead atoms. The van der Waals surface area contributed by atoms with Crippen molar-refractivity contribution in [1.82, 2.24) is 30.0 Å². The Labute approximate surface area is 176 Å². The van der Waals surface area contributed by atoms with E-state index in [4.69, 9.17) is 4.74 Å². The quantitative estimate of drug-likeness (QED) is 0.501. The van der Waals surface area contributed by atoms with Gasteiger partial charge >= 0.3 is 6.09 Å². The van der Waals surface area contributed by atoms with E-state index in [1.54, 1.807) is 35.0 Å². The molecule has 0 unspecified atom stereocenters. The molecular formula is C20H21N7O2S. The summed E-state index contributed by atoms with van der Waals surface area (Å²) in [6.45, 7) is 6.75. The summed E-state index contributed by atoms with van der Waals surface area (Å²) in [5, 5.41) is 12.2. The number of anilines is 2. The number of ether oxygens (including phenoxy) is 1.